The maximum atomic E-state index is 13.6. The van der Waals surface area contributed by atoms with Crippen LogP contribution in [0.3, 0.4) is 0 Å². The number of halogens is 1. The van der Waals surface area contributed by atoms with Gasteiger partial charge in [0.2, 0.25) is 0 Å². The Bertz CT molecular complexity index is 865. The number of hydrogen-bond donors (Lipinski definition) is 0. The number of carbonyl (C=O) groups is 1. The highest BCUT2D eigenvalue weighted by atomic mass is 19.1. The number of amides is 1. The molecule has 1 fully saturated rings. The van der Waals surface area contributed by atoms with Crippen molar-refractivity contribution in [3.8, 4) is 6.07 Å². The molecule has 28 heavy (non-hydrogen) atoms. The molecular weight excluding hydrogens is 359 g/mol. The Balaban J connectivity index is 1.56. The molecule has 0 spiro atoms. The fourth-order valence-corrected chi connectivity index (χ4v) is 3.12. The maximum absolute atomic E-state index is 13.6. The summed E-state index contributed by atoms with van der Waals surface area (Å²) in [5.41, 5.74) is 1.88. The molecule has 3 rings (SSSR count). The molecule has 0 aromatic heterocycles. The van der Waals surface area contributed by atoms with Crippen molar-refractivity contribution in [2.45, 2.75) is 25.6 Å². The minimum atomic E-state index is -0.296. The summed E-state index contributed by atoms with van der Waals surface area (Å²) in [5.74, 6) is -0.651. The topological polar surface area (TPSA) is 62.6 Å². The summed E-state index contributed by atoms with van der Waals surface area (Å²) < 4.78 is 24.9. The third-order valence-corrected chi connectivity index (χ3v) is 4.77. The van der Waals surface area contributed by atoms with E-state index in [1.165, 1.54) is 6.07 Å². The largest absolute Gasteiger partial charge is 0.374 e. The third kappa shape index (κ3) is 4.94. The van der Waals surface area contributed by atoms with E-state index in [1.54, 1.807) is 48.2 Å². The Morgan fingerprint density at radius 1 is 1.36 bits per heavy atom. The molecule has 1 saturated heterocycles. The molecule has 0 N–H and O–H groups in total. The molecule has 0 aliphatic carbocycles. The van der Waals surface area contributed by atoms with E-state index in [0.29, 0.717) is 30.8 Å². The van der Waals surface area contributed by atoms with Crippen molar-refractivity contribution >= 4 is 5.91 Å². The zero-order valence-electron chi connectivity index (χ0n) is 15.8. The Morgan fingerprint density at radius 2 is 2.18 bits per heavy atom. The van der Waals surface area contributed by atoms with Crippen molar-refractivity contribution in [3.05, 3.63) is 71.0 Å². The standard InChI is InChI=1S/C22H23FN2O3/c1-16(12-24)17-6-4-7-18(11-17)22(26)25-9-10-28-20(13-25)15-27-14-19-5-2-3-8-21(19)23/h2-8,11,16,20H,9-10,13-15H2,1H3. The second-order valence-corrected chi connectivity index (χ2v) is 6.83. The minimum Gasteiger partial charge on any atom is -0.374 e. The summed E-state index contributed by atoms with van der Waals surface area (Å²) in [4.78, 5) is 14.6. The van der Waals surface area contributed by atoms with Gasteiger partial charge in [0.15, 0.2) is 0 Å². The van der Waals surface area contributed by atoms with Gasteiger partial charge in [0.25, 0.3) is 5.91 Å². The first-order chi connectivity index (χ1) is 13.6. The van der Waals surface area contributed by atoms with Gasteiger partial charge in [-0.15, -0.1) is 0 Å². The molecular formula is C22H23FN2O3. The van der Waals surface area contributed by atoms with E-state index >= 15 is 0 Å². The Hall–Kier alpha value is -2.75. The normalized spacial score (nSPS) is 17.8. The van der Waals surface area contributed by atoms with Crippen molar-refractivity contribution in [1.29, 1.82) is 5.26 Å². The van der Waals surface area contributed by atoms with Crippen LogP contribution in [0.4, 0.5) is 4.39 Å². The zero-order chi connectivity index (χ0) is 19.9. The monoisotopic (exact) mass is 382 g/mol. The number of benzene rings is 2. The quantitative estimate of drug-likeness (QED) is 0.767. The van der Waals surface area contributed by atoms with Gasteiger partial charge in [0.1, 0.15) is 5.82 Å². The van der Waals surface area contributed by atoms with Gasteiger partial charge in [-0.25, -0.2) is 4.39 Å². The van der Waals surface area contributed by atoms with Crippen LogP contribution in [0.1, 0.15) is 34.3 Å². The molecule has 0 saturated carbocycles. The SMILES string of the molecule is CC(C#N)c1cccc(C(=O)N2CCOC(COCc3ccccc3F)C2)c1. The van der Waals surface area contributed by atoms with Crippen LogP contribution in [-0.4, -0.2) is 43.2 Å². The van der Waals surface area contributed by atoms with Gasteiger partial charge >= 0.3 is 0 Å². The molecule has 6 heteroatoms. The molecule has 1 heterocycles. The second kappa shape index (κ2) is 9.45. The fourth-order valence-electron chi connectivity index (χ4n) is 3.12. The average Bonchev–Trinajstić information content (AvgIpc) is 2.74. The summed E-state index contributed by atoms with van der Waals surface area (Å²) in [5, 5.41) is 9.08. The van der Waals surface area contributed by atoms with Gasteiger partial charge in [-0.05, 0) is 30.7 Å². The maximum Gasteiger partial charge on any atom is 0.254 e. The van der Waals surface area contributed by atoms with Crippen molar-refractivity contribution in [1.82, 2.24) is 4.90 Å². The van der Waals surface area contributed by atoms with Gasteiger partial charge in [-0.2, -0.15) is 5.26 Å². The predicted molar refractivity (Wildman–Crippen MR) is 102 cm³/mol. The minimum absolute atomic E-state index is 0.0885. The van der Waals surface area contributed by atoms with Gasteiger partial charge in [0, 0.05) is 24.2 Å². The van der Waals surface area contributed by atoms with Crippen molar-refractivity contribution < 1.29 is 18.7 Å². The smallest absolute Gasteiger partial charge is 0.254 e. The van der Waals surface area contributed by atoms with Crippen LogP contribution in [-0.2, 0) is 16.1 Å². The Labute approximate surface area is 164 Å². The molecule has 1 aliphatic heterocycles. The van der Waals surface area contributed by atoms with Crippen molar-refractivity contribution in [2.75, 3.05) is 26.3 Å². The summed E-state index contributed by atoms with van der Waals surface area (Å²) in [6.45, 7) is 3.59. The van der Waals surface area contributed by atoms with E-state index in [9.17, 15) is 9.18 Å². The first-order valence-corrected chi connectivity index (χ1v) is 9.30. The fraction of sp³-hybridized carbons (Fsp3) is 0.364. The second-order valence-electron chi connectivity index (χ2n) is 6.83. The van der Waals surface area contributed by atoms with E-state index in [1.807, 2.05) is 6.07 Å². The van der Waals surface area contributed by atoms with Crippen LogP contribution in [0.15, 0.2) is 48.5 Å². The number of nitriles is 1. The molecule has 2 unspecified atom stereocenters. The van der Waals surface area contributed by atoms with Crippen LogP contribution < -0.4 is 0 Å². The predicted octanol–water partition coefficient (Wildman–Crippen LogP) is 3.51. The van der Waals surface area contributed by atoms with Gasteiger partial charge in [-0.1, -0.05) is 30.3 Å². The van der Waals surface area contributed by atoms with Crippen LogP contribution in [0.2, 0.25) is 0 Å². The first-order valence-electron chi connectivity index (χ1n) is 9.30. The highest BCUT2D eigenvalue weighted by Crippen LogP contribution is 2.18. The lowest BCUT2D eigenvalue weighted by atomic mass is 10.00. The van der Waals surface area contributed by atoms with E-state index in [0.717, 1.165) is 5.56 Å². The number of rotatable bonds is 6. The lowest BCUT2D eigenvalue weighted by Gasteiger charge is -2.33. The lowest BCUT2D eigenvalue weighted by Crippen LogP contribution is -2.47. The van der Waals surface area contributed by atoms with Crippen LogP contribution in [0.5, 0.6) is 0 Å². The van der Waals surface area contributed by atoms with Crippen LogP contribution in [0.25, 0.3) is 0 Å². The summed E-state index contributed by atoms with van der Waals surface area (Å²) in [6, 6.07) is 15.9. The molecule has 1 aliphatic rings. The highest BCUT2D eigenvalue weighted by molar-refractivity contribution is 5.94. The third-order valence-electron chi connectivity index (χ3n) is 4.77. The number of nitrogens with zero attached hydrogens (tertiary/aromatic N) is 2. The molecule has 2 atom stereocenters. The molecule has 146 valence electrons. The molecule has 2 aromatic carbocycles. The Morgan fingerprint density at radius 3 is 2.96 bits per heavy atom. The van der Waals surface area contributed by atoms with Crippen molar-refractivity contribution in [2.24, 2.45) is 0 Å². The summed E-state index contributed by atoms with van der Waals surface area (Å²) in [7, 11) is 0. The highest BCUT2D eigenvalue weighted by Gasteiger charge is 2.25. The average molecular weight is 382 g/mol. The molecule has 2 aromatic rings. The number of morpholine rings is 1. The summed E-state index contributed by atoms with van der Waals surface area (Å²) >= 11 is 0. The van der Waals surface area contributed by atoms with Crippen LogP contribution in [0, 0.1) is 17.1 Å². The Kier molecular flexibility index (Phi) is 6.75. The van der Waals surface area contributed by atoms with E-state index in [-0.39, 0.29) is 37.0 Å². The summed E-state index contributed by atoms with van der Waals surface area (Å²) in [6.07, 6.45) is -0.259. The van der Waals surface area contributed by atoms with Crippen LogP contribution >= 0.6 is 0 Å². The number of hydrogen-bond acceptors (Lipinski definition) is 4. The molecule has 0 radical (unpaired) electrons. The first kappa shape index (κ1) is 20.0. The van der Waals surface area contributed by atoms with E-state index < -0.39 is 0 Å². The molecule has 0 bridgehead atoms. The lowest BCUT2D eigenvalue weighted by molar-refractivity contribution is -0.0649. The zero-order valence-corrected chi connectivity index (χ0v) is 15.8. The van der Waals surface area contributed by atoms with Gasteiger partial charge in [0.05, 0.1) is 37.9 Å². The van der Waals surface area contributed by atoms with Gasteiger partial charge in [-0.3, -0.25) is 4.79 Å². The number of carbonyl (C=O) groups excluding carboxylic acids is 1. The van der Waals surface area contributed by atoms with E-state index in [4.69, 9.17) is 14.7 Å². The molecule has 5 nitrogen and oxygen atoms in total. The molecule has 1 amide bonds. The van der Waals surface area contributed by atoms with Gasteiger partial charge < -0.3 is 14.4 Å². The number of ether oxygens (including phenoxy) is 2. The van der Waals surface area contributed by atoms with E-state index in [2.05, 4.69) is 6.07 Å². The van der Waals surface area contributed by atoms with Crippen molar-refractivity contribution in [3.63, 3.8) is 0 Å².